The molecule has 9 nitrogen and oxygen atoms in total. The van der Waals surface area contributed by atoms with Crippen LogP contribution in [0.25, 0.3) is 0 Å². The van der Waals surface area contributed by atoms with Gasteiger partial charge in [-0.25, -0.2) is 9.80 Å². The number of fused-ring (bicyclic) bond motifs is 1. The maximum Gasteiger partial charge on any atom is 0.334 e. The number of terminal acetylenes is 1. The molecule has 1 aromatic rings. The van der Waals surface area contributed by atoms with Crippen LogP contribution in [0.15, 0.2) is 30.3 Å². The van der Waals surface area contributed by atoms with Crippen molar-refractivity contribution in [2.24, 2.45) is 0 Å². The third kappa shape index (κ3) is 7.46. The van der Waals surface area contributed by atoms with Gasteiger partial charge in [-0.3, -0.25) is 9.59 Å². The smallest absolute Gasteiger partial charge is 0.334 e. The number of benzene rings is 1. The summed E-state index contributed by atoms with van der Waals surface area (Å²) in [6.45, 7) is 6.64. The predicted octanol–water partition coefficient (Wildman–Crippen LogP) is 2.82. The summed E-state index contributed by atoms with van der Waals surface area (Å²) < 4.78 is 5.69. The third-order valence-corrected chi connectivity index (χ3v) is 6.79. The van der Waals surface area contributed by atoms with E-state index in [0.717, 1.165) is 31.2 Å². The lowest BCUT2D eigenvalue weighted by molar-refractivity contribution is -0.189. The first-order chi connectivity index (χ1) is 18.0. The largest absolute Gasteiger partial charge is 0.381 e. The van der Waals surface area contributed by atoms with Gasteiger partial charge in [-0.2, -0.15) is 5.01 Å². The monoisotopic (exact) mass is 511 g/mol. The molecule has 0 aliphatic carbocycles. The van der Waals surface area contributed by atoms with Gasteiger partial charge in [0.2, 0.25) is 11.8 Å². The Kier molecular flexibility index (Phi) is 11.2. The van der Waals surface area contributed by atoms with E-state index in [1.807, 2.05) is 30.3 Å². The van der Waals surface area contributed by atoms with Crippen molar-refractivity contribution in [2.45, 2.75) is 71.1 Å². The number of nitrogens with one attached hydrogen (secondary N) is 1. The zero-order chi connectivity index (χ0) is 26.6. The van der Waals surface area contributed by atoms with Gasteiger partial charge in [-0.05, 0) is 24.8 Å². The molecular formula is C28H41N5O4. The van der Waals surface area contributed by atoms with Crippen molar-refractivity contribution in [3.05, 3.63) is 35.9 Å². The van der Waals surface area contributed by atoms with Crippen LogP contribution in [-0.4, -0.2) is 89.3 Å². The zero-order valence-electron chi connectivity index (χ0n) is 22.2. The van der Waals surface area contributed by atoms with Crippen LogP contribution < -0.4 is 5.32 Å². The number of carbonyl (C=O) groups excluding carboxylic acids is 3. The number of nitrogens with zero attached hydrogens (tertiary/aromatic N) is 4. The highest BCUT2D eigenvalue weighted by Gasteiger charge is 2.50. The van der Waals surface area contributed by atoms with Crippen LogP contribution in [-0.2, 0) is 20.9 Å². The van der Waals surface area contributed by atoms with E-state index in [2.05, 4.69) is 25.1 Å². The van der Waals surface area contributed by atoms with Gasteiger partial charge in [0.1, 0.15) is 12.2 Å². The van der Waals surface area contributed by atoms with Crippen molar-refractivity contribution in [1.82, 2.24) is 25.1 Å². The SMILES string of the molecule is C#CCN1CC(=O)N2[C@@H](CCCC)C(=O)N(CCCOCCCC)C[C@@H]2N1C(=O)NCc1ccccc1. The van der Waals surface area contributed by atoms with Crippen LogP contribution in [0, 0.1) is 12.3 Å². The number of hydrogen-bond donors (Lipinski definition) is 1. The predicted molar refractivity (Wildman–Crippen MR) is 142 cm³/mol. The maximum atomic E-state index is 13.5. The molecule has 0 saturated carbocycles. The zero-order valence-corrected chi connectivity index (χ0v) is 22.2. The Morgan fingerprint density at radius 1 is 1.11 bits per heavy atom. The van der Waals surface area contributed by atoms with E-state index >= 15 is 0 Å². The molecule has 3 rings (SSSR count). The van der Waals surface area contributed by atoms with Gasteiger partial charge in [0, 0.05) is 26.3 Å². The Labute approximate surface area is 221 Å². The van der Waals surface area contributed by atoms with Gasteiger partial charge in [-0.1, -0.05) is 69.4 Å². The fraction of sp³-hybridized carbons (Fsp3) is 0.607. The molecule has 0 radical (unpaired) electrons. The van der Waals surface area contributed by atoms with Crippen LogP contribution in [0.5, 0.6) is 0 Å². The lowest BCUT2D eigenvalue weighted by Crippen LogP contribution is -2.76. The fourth-order valence-electron chi connectivity index (χ4n) is 4.87. The molecule has 4 amide bonds. The van der Waals surface area contributed by atoms with Gasteiger partial charge in [0.25, 0.3) is 0 Å². The van der Waals surface area contributed by atoms with E-state index in [1.165, 1.54) is 0 Å². The normalized spacial score (nSPS) is 20.1. The number of carbonyl (C=O) groups is 3. The van der Waals surface area contributed by atoms with Crippen molar-refractivity contribution in [3.63, 3.8) is 0 Å². The maximum absolute atomic E-state index is 13.5. The molecular weight excluding hydrogens is 470 g/mol. The molecule has 0 bridgehead atoms. The molecule has 2 fully saturated rings. The number of piperazine rings is 1. The number of unbranched alkanes of at least 4 members (excludes halogenated alkanes) is 2. The first kappa shape index (κ1) is 28.5. The van der Waals surface area contributed by atoms with E-state index in [9.17, 15) is 14.4 Å². The molecule has 0 spiro atoms. The molecule has 1 aromatic carbocycles. The second-order valence-corrected chi connectivity index (χ2v) is 9.56. The highest BCUT2D eigenvalue weighted by molar-refractivity contribution is 5.91. The second-order valence-electron chi connectivity index (χ2n) is 9.56. The Hall–Kier alpha value is -3.09. The lowest BCUT2D eigenvalue weighted by Gasteiger charge is -2.55. The van der Waals surface area contributed by atoms with Gasteiger partial charge >= 0.3 is 6.03 Å². The minimum absolute atomic E-state index is 0.0410. The molecule has 2 aliphatic heterocycles. The minimum Gasteiger partial charge on any atom is -0.381 e. The van der Waals surface area contributed by atoms with Crippen molar-refractivity contribution < 1.29 is 19.1 Å². The van der Waals surface area contributed by atoms with Crippen LogP contribution in [0.2, 0.25) is 0 Å². The number of rotatable bonds is 13. The summed E-state index contributed by atoms with van der Waals surface area (Å²) in [6, 6.07) is 8.71. The van der Waals surface area contributed by atoms with E-state index in [4.69, 9.17) is 11.2 Å². The summed E-state index contributed by atoms with van der Waals surface area (Å²) >= 11 is 0. The van der Waals surface area contributed by atoms with Crippen LogP contribution in [0.4, 0.5) is 4.79 Å². The Balaban J connectivity index is 1.81. The first-order valence-electron chi connectivity index (χ1n) is 13.5. The molecule has 202 valence electrons. The number of amides is 4. The quantitative estimate of drug-likeness (QED) is 0.325. The molecule has 2 heterocycles. The third-order valence-electron chi connectivity index (χ3n) is 6.79. The fourth-order valence-corrected chi connectivity index (χ4v) is 4.87. The van der Waals surface area contributed by atoms with Crippen molar-refractivity contribution >= 4 is 17.8 Å². The van der Waals surface area contributed by atoms with Crippen molar-refractivity contribution in [1.29, 1.82) is 0 Å². The van der Waals surface area contributed by atoms with Gasteiger partial charge in [0.15, 0.2) is 0 Å². The number of ether oxygens (including phenoxy) is 1. The average Bonchev–Trinajstić information content (AvgIpc) is 2.90. The highest BCUT2D eigenvalue weighted by Crippen LogP contribution is 2.28. The lowest BCUT2D eigenvalue weighted by atomic mass is 10.0. The van der Waals surface area contributed by atoms with E-state index in [0.29, 0.717) is 39.1 Å². The highest BCUT2D eigenvalue weighted by atomic mass is 16.5. The summed E-state index contributed by atoms with van der Waals surface area (Å²) in [7, 11) is 0. The number of hydrogen-bond acceptors (Lipinski definition) is 5. The van der Waals surface area contributed by atoms with Crippen molar-refractivity contribution in [2.75, 3.05) is 39.4 Å². The summed E-state index contributed by atoms with van der Waals surface area (Å²) in [6.07, 6.45) is 10.1. The van der Waals surface area contributed by atoms with E-state index in [-0.39, 0.29) is 37.5 Å². The van der Waals surface area contributed by atoms with E-state index in [1.54, 1.807) is 19.8 Å². The summed E-state index contributed by atoms with van der Waals surface area (Å²) in [5, 5.41) is 6.15. The van der Waals surface area contributed by atoms with Crippen LogP contribution >= 0.6 is 0 Å². The molecule has 0 unspecified atom stereocenters. The minimum atomic E-state index is -0.620. The molecule has 37 heavy (non-hydrogen) atoms. The molecule has 2 aliphatic rings. The number of urea groups is 1. The van der Waals surface area contributed by atoms with E-state index < -0.39 is 12.2 Å². The standard InChI is InChI=1S/C28H41N5O4/c1-4-7-15-24-27(35)30(17-12-19-37-18-8-5-2)21-25-32(24)26(34)22-31(16-6-3)33(25)28(36)29-20-23-13-10-9-11-14-23/h3,9-11,13-14,24-25H,4-5,7-8,12,15-22H2,1-2H3,(H,29,36)/t24-,25-/m0/s1. The van der Waals surface area contributed by atoms with Crippen LogP contribution in [0.3, 0.4) is 0 Å². The molecule has 9 heteroatoms. The Morgan fingerprint density at radius 2 is 1.84 bits per heavy atom. The molecule has 0 aromatic heterocycles. The average molecular weight is 512 g/mol. The summed E-state index contributed by atoms with van der Waals surface area (Å²) in [4.78, 5) is 43.8. The Morgan fingerprint density at radius 3 is 2.54 bits per heavy atom. The molecule has 1 N–H and O–H groups in total. The molecule has 2 saturated heterocycles. The summed E-state index contributed by atoms with van der Waals surface area (Å²) in [5.74, 6) is 2.34. The van der Waals surface area contributed by atoms with Gasteiger partial charge in [0.05, 0.1) is 19.6 Å². The van der Waals surface area contributed by atoms with Gasteiger partial charge in [-0.15, -0.1) is 6.42 Å². The first-order valence-corrected chi connectivity index (χ1v) is 13.5. The second kappa shape index (κ2) is 14.6. The van der Waals surface area contributed by atoms with Crippen LogP contribution in [0.1, 0.15) is 57.9 Å². The van der Waals surface area contributed by atoms with Gasteiger partial charge < -0.3 is 19.9 Å². The topological polar surface area (TPSA) is 85.4 Å². The number of hydrazine groups is 1. The van der Waals surface area contributed by atoms with Crippen molar-refractivity contribution in [3.8, 4) is 12.3 Å². The molecule has 2 atom stereocenters. The Bertz CT molecular complexity index is 934. The summed E-state index contributed by atoms with van der Waals surface area (Å²) in [5.41, 5.74) is 0.966.